The van der Waals surface area contributed by atoms with Gasteiger partial charge in [-0.1, -0.05) is 0 Å². The molecule has 0 radical (unpaired) electrons. The molecule has 1 heterocycles. The summed E-state index contributed by atoms with van der Waals surface area (Å²) < 4.78 is 13.8. The summed E-state index contributed by atoms with van der Waals surface area (Å²) in [6, 6.07) is 2.24. The minimum Gasteiger partial charge on any atom is -0.378 e. The predicted octanol–water partition coefficient (Wildman–Crippen LogP) is 2.87. The minimum atomic E-state index is -0.579. The van der Waals surface area contributed by atoms with Crippen LogP contribution in [0.1, 0.15) is 19.3 Å². The van der Waals surface area contributed by atoms with Gasteiger partial charge in [0.15, 0.2) is 0 Å². The largest absolute Gasteiger partial charge is 0.378 e. The van der Waals surface area contributed by atoms with E-state index < -0.39 is 16.2 Å². The van der Waals surface area contributed by atoms with Crippen molar-refractivity contribution in [2.24, 2.45) is 11.3 Å². The molecule has 8 heteroatoms. The molecule has 0 amide bonds. The monoisotopic (exact) mass is 385 g/mol. The lowest BCUT2D eigenvalue weighted by Crippen LogP contribution is -2.41. The van der Waals surface area contributed by atoms with Gasteiger partial charge in [0.2, 0.25) is 0 Å². The Morgan fingerprint density at radius 3 is 2.83 bits per heavy atom. The van der Waals surface area contributed by atoms with Crippen LogP contribution in [-0.4, -0.2) is 30.3 Å². The first-order valence-electron chi connectivity index (χ1n) is 7.55. The molecular weight excluding hydrogens is 369 g/mol. The summed E-state index contributed by atoms with van der Waals surface area (Å²) in [6.07, 6.45) is 2.55. The van der Waals surface area contributed by atoms with E-state index in [-0.39, 0.29) is 34.1 Å². The summed E-state index contributed by atoms with van der Waals surface area (Å²) in [7, 11) is 0. The van der Waals surface area contributed by atoms with Crippen LogP contribution in [-0.2, 0) is 4.79 Å². The number of hydrogen-bond acceptors (Lipinski definition) is 5. The van der Waals surface area contributed by atoms with Crippen LogP contribution in [0.25, 0.3) is 0 Å². The second kappa shape index (κ2) is 6.16. The van der Waals surface area contributed by atoms with Gasteiger partial charge in [-0.3, -0.25) is 14.9 Å². The second-order valence-electron chi connectivity index (χ2n) is 6.24. The lowest BCUT2D eigenvalue weighted by molar-refractivity contribution is -0.384. The van der Waals surface area contributed by atoms with E-state index in [0.717, 1.165) is 31.5 Å². The van der Waals surface area contributed by atoms with Crippen LogP contribution in [0.2, 0.25) is 0 Å². The quantitative estimate of drug-likeness (QED) is 0.580. The number of anilines is 1. The molecule has 2 fully saturated rings. The van der Waals surface area contributed by atoms with Crippen LogP contribution >= 0.6 is 15.9 Å². The van der Waals surface area contributed by atoms with Crippen LogP contribution < -0.4 is 10.6 Å². The number of carbonyl (C=O) groups is 1. The zero-order valence-corrected chi connectivity index (χ0v) is 14.0. The lowest BCUT2D eigenvalue weighted by Gasteiger charge is -2.27. The maximum Gasteiger partial charge on any atom is 0.293 e. The fourth-order valence-electron chi connectivity index (χ4n) is 3.06. The number of benzene rings is 1. The summed E-state index contributed by atoms with van der Waals surface area (Å²) in [4.78, 5) is 23.2. The van der Waals surface area contributed by atoms with E-state index in [1.54, 1.807) is 0 Å². The van der Waals surface area contributed by atoms with Crippen molar-refractivity contribution < 1.29 is 14.1 Å². The van der Waals surface area contributed by atoms with E-state index >= 15 is 0 Å². The topological polar surface area (TPSA) is 84.3 Å². The fraction of sp³-hybridized carbons (Fsp3) is 0.533. The zero-order chi connectivity index (χ0) is 16.6. The number of nitrogens with zero attached hydrogens (tertiary/aromatic N) is 1. The van der Waals surface area contributed by atoms with Gasteiger partial charge in [0.05, 0.1) is 14.8 Å². The second-order valence-corrected chi connectivity index (χ2v) is 7.09. The highest BCUT2D eigenvalue weighted by Gasteiger charge is 2.47. The van der Waals surface area contributed by atoms with Crippen LogP contribution in [0, 0.1) is 27.3 Å². The summed E-state index contributed by atoms with van der Waals surface area (Å²) in [5.74, 6) is -0.242. The molecule has 1 aliphatic carbocycles. The maximum absolute atomic E-state index is 13.7. The zero-order valence-electron chi connectivity index (χ0n) is 12.4. The minimum absolute atomic E-state index is 0.0426. The van der Waals surface area contributed by atoms with Crippen LogP contribution in [0.3, 0.4) is 0 Å². The molecule has 124 valence electrons. The van der Waals surface area contributed by atoms with Gasteiger partial charge in [-0.25, -0.2) is 4.39 Å². The molecule has 1 saturated heterocycles. The number of rotatable bonds is 6. The van der Waals surface area contributed by atoms with Crippen molar-refractivity contribution in [3.05, 3.63) is 32.5 Å². The third kappa shape index (κ3) is 3.23. The Morgan fingerprint density at radius 1 is 1.52 bits per heavy atom. The number of hydrogen-bond donors (Lipinski definition) is 2. The summed E-state index contributed by atoms with van der Waals surface area (Å²) >= 11 is 2.96. The van der Waals surface area contributed by atoms with E-state index in [1.165, 1.54) is 0 Å². The van der Waals surface area contributed by atoms with Gasteiger partial charge in [0, 0.05) is 31.1 Å². The Labute approximate surface area is 141 Å². The number of halogens is 2. The number of nitrogens with one attached hydrogen (secondary N) is 2. The van der Waals surface area contributed by atoms with Gasteiger partial charge < -0.3 is 10.6 Å². The van der Waals surface area contributed by atoms with Gasteiger partial charge >= 0.3 is 0 Å². The average Bonchev–Trinajstić information content (AvgIpc) is 3.25. The average molecular weight is 386 g/mol. The molecule has 23 heavy (non-hydrogen) atoms. The molecule has 6 nitrogen and oxygen atoms in total. The molecule has 2 aliphatic rings. The molecule has 1 aromatic carbocycles. The maximum atomic E-state index is 13.7. The molecule has 2 N–H and O–H groups in total. The van der Waals surface area contributed by atoms with Crippen molar-refractivity contribution in [3.8, 4) is 0 Å². The fourth-order valence-corrected chi connectivity index (χ4v) is 3.40. The van der Waals surface area contributed by atoms with E-state index in [4.69, 9.17) is 0 Å². The molecular formula is C15H17BrFN3O3. The van der Waals surface area contributed by atoms with Gasteiger partial charge in [-0.15, -0.1) is 0 Å². The molecule has 0 bridgehead atoms. The number of carbonyl (C=O) groups excluding carboxylic acids is 1. The first-order valence-corrected chi connectivity index (χ1v) is 8.35. The lowest BCUT2D eigenvalue weighted by atomic mass is 9.80. The summed E-state index contributed by atoms with van der Waals surface area (Å²) in [6.45, 7) is 1.58. The molecule has 1 saturated carbocycles. The first kappa shape index (κ1) is 16.3. The Kier molecular flexibility index (Phi) is 4.37. The summed E-state index contributed by atoms with van der Waals surface area (Å²) in [5.41, 5.74) is -0.665. The Hall–Kier alpha value is -1.54. The molecule has 0 spiro atoms. The van der Waals surface area contributed by atoms with Crippen molar-refractivity contribution in [1.82, 2.24) is 5.32 Å². The number of nitro groups is 1. The third-order valence-electron chi connectivity index (χ3n) is 4.57. The normalized spacial score (nSPS) is 23.7. The SMILES string of the molecule is O=C(C1CC1)[C@@]1(CNc2cc(F)c(Br)cc2[N+](=O)[O-])CCNC1. The Balaban J connectivity index is 1.82. The van der Waals surface area contributed by atoms with Crippen molar-refractivity contribution in [1.29, 1.82) is 0 Å². The van der Waals surface area contributed by atoms with Crippen LogP contribution in [0.4, 0.5) is 15.8 Å². The van der Waals surface area contributed by atoms with E-state index in [0.29, 0.717) is 13.0 Å². The summed E-state index contributed by atoms with van der Waals surface area (Å²) in [5, 5.41) is 17.3. The van der Waals surface area contributed by atoms with E-state index in [1.807, 2.05) is 0 Å². The van der Waals surface area contributed by atoms with Crippen LogP contribution in [0.5, 0.6) is 0 Å². The highest BCUT2D eigenvalue weighted by molar-refractivity contribution is 9.10. The molecule has 0 aromatic heterocycles. The Bertz CT molecular complexity index is 658. The van der Waals surface area contributed by atoms with Crippen molar-refractivity contribution in [3.63, 3.8) is 0 Å². The highest BCUT2D eigenvalue weighted by atomic mass is 79.9. The third-order valence-corrected chi connectivity index (χ3v) is 5.17. The van der Waals surface area contributed by atoms with Gasteiger partial charge in [-0.05, 0) is 41.7 Å². The van der Waals surface area contributed by atoms with Crippen LogP contribution in [0.15, 0.2) is 16.6 Å². The van der Waals surface area contributed by atoms with E-state index in [2.05, 4.69) is 26.6 Å². The molecule has 1 aliphatic heterocycles. The molecule has 1 aromatic rings. The van der Waals surface area contributed by atoms with Gasteiger partial charge in [0.1, 0.15) is 17.3 Å². The number of nitro benzene ring substituents is 1. The smallest absolute Gasteiger partial charge is 0.293 e. The van der Waals surface area contributed by atoms with E-state index in [9.17, 15) is 19.3 Å². The van der Waals surface area contributed by atoms with Crippen molar-refractivity contribution in [2.75, 3.05) is 25.0 Å². The Morgan fingerprint density at radius 2 is 2.26 bits per heavy atom. The van der Waals surface area contributed by atoms with Gasteiger partial charge in [0.25, 0.3) is 5.69 Å². The van der Waals surface area contributed by atoms with Crippen molar-refractivity contribution >= 4 is 33.1 Å². The first-order chi connectivity index (χ1) is 10.9. The standard InChI is InChI=1S/C15H17BrFN3O3/c16-10-5-13(20(22)23)12(6-11(10)17)19-8-15(3-4-18-7-15)14(21)9-1-2-9/h5-6,9,18-19H,1-4,7-8H2/t15-/m0/s1. The number of Topliss-reactive ketones (excluding diaryl/α,β-unsaturated/α-hetero) is 1. The predicted molar refractivity (Wildman–Crippen MR) is 86.9 cm³/mol. The highest BCUT2D eigenvalue weighted by Crippen LogP contribution is 2.41. The number of ketones is 1. The molecule has 3 rings (SSSR count). The van der Waals surface area contributed by atoms with Gasteiger partial charge in [-0.2, -0.15) is 0 Å². The molecule has 0 unspecified atom stereocenters. The molecule has 1 atom stereocenters. The van der Waals surface area contributed by atoms with Crippen molar-refractivity contribution in [2.45, 2.75) is 19.3 Å².